The van der Waals surface area contributed by atoms with Crippen LogP contribution in [0.5, 0.6) is 0 Å². The molecule has 0 aromatic carbocycles. The van der Waals surface area contributed by atoms with E-state index in [1.165, 1.54) is 13.0 Å². The molecule has 0 N–H and O–H groups in total. The predicted octanol–water partition coefficient (Wildman–Crippen LogP) is 0.450. The Morgan fingerprint density at radius 3 is 2.38 bits per heavy atom. The first-order valence-corrected chi connectivity index (χ1v) is 6.44. The van der Waals surface area contributed by atoms with Crippen LogP contribution in [0, 0.1) is 0 Å². The largest absolute Gasteiger partial charge is 0.227 e. The van der Waals surface area contributed by atoms with Crippen LogP contribution in [0.2, 0.25) is 0 Å². The van der Waals surface area contributed by atoms with Crippen LogP contribution in [-0.2, 0) is 20.5 Å². The van der Waals surface area contributed by atoms with Crippen molar-refractivity contribution in [1.29, 1.82) is 0 Å². The quantitative estimate of drug-likeness (QED) is 0.688. The molecule has 0 rings (SSSR count). The zero-order valence-corrected chi connectivity index (χ0v) is 8.98. The summed E-state index contributed by atoms with van der Waals surface area (Å²) in [6.07, 6.45) is 1.58. The van der Waals surface area contributed by atoms with Gasteiger partial charge in [-0.25, -0.2) is 16.8 Å². The van der Waals surface area contributed by atoms with Crippen LogP contribution in [0.15, 0.2) is 23.0 Å². The number of rotatable bonds is 5. The molecule has 0 aliphatic carbocycles. The van der Waals surface area contributed by atoms with Crippen LogP contribution in [0.25, 0.3) is 0 Å². The highest BCUT2D eigenvalue weighted by atomic mass is 32.2. The smallest absolute Gasteiger partial charge is 0.171 e. The van der Waals surface area contributed by atoms with E-state index in [-0.39, 0.29) is 17.1 Å². The molecule has 4 nitrogen and oxygen atoms in total. The maximum atomic E-state index is 10.9. The van der Waals surface area contributed by atoms with Gasteiger partial charge in [0.15, 0.2) is 20.5 Å². The van der Waals surface area contributed by atoms with E-state index < -0.39 is 20.5 Å². The summed E-state index contributed by atoms with van der Waals surface area (Å²) in [5, 5.41) is 0.868. The van der Waals surface area contributed by atoms with E-state index in [2.05, 4.69) is 6.58 Å². The minimum absolute atomic E-state index is 0.100. The third-order valence-electron chi connectivity index (χ3n) is 1.38. The Hall–Kier alpha value is -0.620. The number of hydrogen-bond donors (Lipinski definition) is 1. The highest BCUT2D eigenvalue weighted by Gasteiger charge is 2.02. The monoisotopic (exact) mass is 224 g/mol. The molecule has 0 atom stereocenters. The predicted molar refractivity (Wildman–Crippen MR) is 52.7 cm³/mol. The zero-order chi connectivity index (χ0) is 10.5. The van der Waals surface area contributed by atoms with Gasteiger partial charge in [-0.15, -0.1) is 0 Å². The first kappa shape index (κ1) is 12.4. The van der Waals surface area contributed by atoms with E-state index in [0.717, 1.165) is 5.41 Å². The molecule has 0 aliphatic heterocycles. The third kappa shape index (κ3) is 5.59. The molecule has 0 amide bonds. The Balaban J connectivity index is 4.23. The van der Waals surface area contributed by atoms with E-state index in [4.69, 9.17) is 0 Å². The van der Waals surface area contributed by atoms with Gasteiger partial charge < -0.3 is 0 Å². The molecular weight excluding hydrogens is 212 g/mol. The van der Waals surface area contributed by atoms with Crippen LogP contribution in [-0.4, -0.2) is 22.6 Å². The minimum atomic E-state index is -3.22. The molecule has 0 aliphatic rings. The molecular formula is C7H12O4S2. The average Bonchev–Trinajstić information content (AvgIpc) is 2.04. The van der Waals surface area contributed by atoms with E-state index in [0.29, 0.717) is 0 Å². The highest BCUT2D eigenvalue weighted by molar-refractivity contribution is 7.94. The fraction of sp³-hybridized carbons (Fsp3) is 0.429. The molecule has 13 heavy (non-hydrogen) atoms. The number of hydrogen-bond acceptors (Lipinski definition) is 4. The van der Waals surface area contributed by atoms with Crippen molar-refractivity contribution >= 4 is 20.5 Å². The van der Waals surface area contributed by atoms with Gasteiger partial charge in [-0.05, 0) is 13.3 Å². The van der Waals surface area contributed by atoms with Gasteiger partial charge in [-0.2, -0.15) is 0 Å². The lowest BCUT2D eigenvalue weighted by atomic mass is 10.4. The lowest BCUT2D eigenvalue weighted by molar-refractivity contribution is 0.604. The summed E-state index contributed by atoms with van der Waals surface area (Å²) < 4.78 is 42.4. The van der Waals surface area contributed by atoms with Gasteiger partial charge >= 0.3 is 0 Å². The van der Waals surface area contributed by atoms with Crippen molar-refractivity contribution in [2.75, 3.05) is 5.75 Å². The normalized spacial score (nSPS) is 13.2. The Morgan fingerprint density at radius 1 is 1.46 bits per heavy atom. The molecule has 0 radical (unpaired) electrons. The van der Waals surface area contributed by atoms with Crippen molar-refractivity contribution < 1.29 is 16.8 Å². The van der Waals surface area contributed by atoms with Crippen LogP contribution >= 0.6 is 0 Å². The van der Waals surface area contributed by atoms with E-state index in [1.807, 2.05) is 0 Å². The highest BCUT2D eigenvalue weighted by Crippen LogP contribution is 2.00. The number of thiol groups is 1. The summed E-state index contributed by atoms with van der Waals surface area (Å²) in [7, 11) is -5.79. The molecule has 0 fully saturated rings. The summed E-state index contributed by atoms with van der Waals surface area (Å²) >= 11 is 0. The molecule has 6 heteroatoms. The van der Waals surface area contributed by atoms with Crippen LogP contribution in [0.3, 0.4) is 0 Å². The maximum Gasteiger partial charge on any atom is 0.171 e. The topological polar surface area (TPSA) is 68.3 Å². The first-order valence-electron chi connectivity index (χ1n) is 3.55. The molecule has 0 heterocycles. The second-order valence-corrected chi connectivity index (χ2v) is 5.71. The Morgan fingerprint density at radius 2 is 2.00 bits per heavy atom. The van der Waals surface area contributed by atoms with E-state index in [9.17, 15) is 16.8 Å². The lowest BCUT2D eigenvalue weighted by Gasteiger charge is -1.93. The van der Waals surface area contributed by atoms with Crippen molar-refractivity contribution in [3.63, 3.8) is 0 Å². The third-order valence-corrected chi connectivity index (χ3v) is 3.46. The van der Waals surface area contributed by atoms with Crippen molar-refractivity contribution in [3.05, 3.63) is 23.0 Å². The van der Waals surface area contributed by atoms with Gasteiger partial charge in [0.25, 0.3) is 0 Å². The van der Waals surface area contributed by atoms with Gasteiger partial charge in [0.05, 0.1) is 5.75 Å². The van der Waals surface area contributed by atoms with Crippen molar-refractivity contribution in [1.82, 2.24) is 0 Å². The molecule has 0 spiro atoms. The van der Waals surface area contributed by atoms with Crippen molar-refractivity contribution in [2.45, 2.75) is 13.3 Å². The maximum absolute atomic E-state index is 10.9. The Labute approximate surface area is 79.8 Å². The lowest BCUT2D eigenvalue weighted by Crippen LogP contribution is -2.00. The van der Waals surface area contributed by atoms with Gasteiger partial charge in [0.2, 0.25) is 0 Å². The summed E-state index contributed by atoms with van der Waals surface area (Å²) in [6.45, 7) is 4.56. The summed E-state index contributed by atoms with van der Waals surface area (Å²) in [6, 6.07) is 0. The van der Waals surface area contributed by atoms with E-state index in [1.54, 1.807) is 0 Å². The molecule has 0 bridgehead atoms. The standard InChI is InChI=1S/C7H12O4S2/c1-3-13(10,11)6-4-5-7(2)12(8)9/h3,5,12H,1,4,6H2,2H3. The summed E-state index contributed by atoms with van der Waals surface area (Å²) in [4.78, 5) is 0.189. The Bertz CT molecular complexity index is 365. The second-order valence-electron chi connectivity index (χ2n) is 2.42. The Kier molecular flexibility index (Phi) is 4.94. The summed E-state index contributed by atoms with van der Waals surface area (Å²) in [5.41, 5.74) is 0. The zero-order valence-electron chi connectivity index (χ0n) is 7.26. The molecule has 0 unspecified atom stereocenters. The van der Waals surface area contributed by atoms with Crippen LogP contribution in [0.4, 0.5) is 0 Å². The SMILES string of the molecule is C=CS(=O)(=O)CCC=C(C)[SH](=O)=O. The van der Waals surface area contributed by atoms with Gasteiger partial charge in [-0.3, -0.25) is 0 Å². The molecule has 0 aromatic heterocycles. The average molecular weight is 224 g/mol. The van der Waals surface area contributed by atoms with Crippen molar-refractivity contribution in [2.24, 2.45) is 0 Å². The van der Waals surface area contributed by atoms with Crippen LogP contribution < -0.4 is 0 Å². The van der Waals surface area contributed by atoms with Crippen LogP contribution in [0.1, 0.15) is 13.3 Å². The number of allylic oxidation sites excluding steroid dienone is 2. The minimum Gasteiger partial charge on any atom is -0.227 e. The fourth-order valence-corrected chi connectivity index (χ4v) is 1.48. The first-order chi connectivity index (χ1) is 5.89. The molecule has 0 saturated heterocycles. The number of sulfone groups is 1. The second kappa shape index (κ2) is 5.18. The van der Waals surface area contributed by atoms with Crippen molar-refractivity contribution in [3.8, 4) is 0 Å². The van der Waals surface area contributed by atoms with Gasteiger partial charge in [-0.1, -0.05) is 12.7 Å². The van der Waals surface area contributed by atoms with E-state index >= 15 is 0 Å². The van der Waals surface area contributed by atoms with Gasteiger partial charge in [0.1, 0.15) is 0 Å². The fourth-order valence-electron chi connectivity index (χ4n) is 0.590. The van der Waals surface area contributed by atoms with Gasteiger partial charge in [0, 0.05) is 10.3 Å². The molecule has 76 valence electrons. The summed E-state index contributed by atoms with van der Waals surface area (Å²) in [5.74, 6) is -0.100. The molecule has 0 aromatic rings. The molecule has 0 saturated carbocycles.